The second kappa shape index (κ2) is 10.2. The lowest BCUT2D eigenvalue weighted by molar-refractivity contribution is -0.115. The standard InChI is InChI=1S/C19H20FN3O2S/c1-2-12-21-19(25)23-15-9-7-14(8-10-15)22-18(24)11-13-26-17-6-4-3-5-16(17)20/h2-10H,1,11-13H2,(H,22,24)(H2,21,23,25). The molecule has 0 spiro atoms. The summed E-state index contributed by atoms with van der Waals surface area (Å²) in [4.78, 5) is 24.0. The molecule has 0 heterocycles. The van der Waals surface area contributed by atoms with Crippen molar-refractivity contribution in [1.82, 2.24) is 5.32 Å². The predicted octanol–water partition coefficient (Wildman–Crippen LogP) is 4.25. The summed E-state index contributed by atoms with van der Waals surface area (Å²) in [5, 5.41) is 8.04. The second-order valence-electron chi connectivity index (χ2n) is 5.28. The number of hydrogen-bond acceptors (Lipinski definition) is 3. The summed E-state index contributed by atoms with van der Waals surface area (Å²) in [5.74, 6) is 0.0481. The van der Waals surface area contributed by atoms with E-state index < -0.39 is 0 Å². The van der Waals surface area contributed by atoms with E-state index >= 15 is 0 Å². The first-order valence-electron chi connectivity index (χ1n) is 8.01. The van der Waals surface area contributed by atoms with Crippen molar-refractivity contribution in [2.75, 3.05) is 22.9 Å². The fraction of sp³-hybridized carbons (Fsp3) is 0.158. The summed E-state index contributed by atoms with van der Waals surface area (Å²) in [7, 11) is 0. The Morgan fingerprint density at radius 1 is 1.04 bits per heavy atom. The van der Waals surface area contributed by atoms with Crippen molar-refractivity contribution in [3.63, 3.8) is 0 Å². The van der Waals surface area contributed by atoms with Gasteiger partial charge < -0.3 is 16.0 Å². The minimum absolute atomic E-state index is 0.154. The highest BCUT2D eigenvalue weighted by Gasteiger charge is 2.06. The van der Waals surface area contributed by atoms with Crippen molar-refractivity contribution < 1.29 is 14.0 Å². The van der Waals surface area contributed by atoms with Crippen LogP contribution in [0.15, 0.2) is 66.1 Å². The van der Waals surface area contributed by atoms with Crippen molar-refractivity contribution in [2.24, 2.45) is 0 Å². The molecule has 0 aliphatic rings. The quantitative estimate of drug-likeness (QED) is 0.478. The Hall–Kier alpha value is -2.80. The molecule has 0 saturated carbocycles. The fourth-order valence-electron chi connectivity index (χ4n) is 2.02. The molecular weight excluding hydrogens is 353 g/mol. The van der Waals surface area contributed by atoms with Crippen molar-refractivity contribution in [2.45, 2.75) is 11.3 Å². The Morgan fingerprint density at radius 3 is 2.35 bits per heavy atom. The summed E-state index contributed by atoms with van der Waals surface area (Å²) in [6.45, 7) is 3.90. The van der Waals surface area contributed by atoms with Gasteiger partial charge in [0.05, 0.1) is 0 Å². The molecule has 0 aromatic heterocycles. The van der Waals surface area contributed by atoms with Gasteiger partial charge in [-0.1, -0.05) is 18.2 Å². The van der Waals surface area contributed by atoms with Gasteiger partial charge >= 0.3 is 6.03 Å². The van der Waals surface area contributed by atoms with E-state index in [0.29, 0.717) is 28.6 Å². The maximum atomic E-state index is 13.5. The molecule has 0 saturated heterocycles. The molecular formula is C19H20FN3O2S. The zero-order chi connectivity index (χ0) is 18.8. The molecule has 7 heteroatoms. The zero-order valence-electron chi connectivity index (χ0n) is 14.1. The number of halogens is 1. The van der Waals surface area contributed by atoms with Gasteiger partial charge in [-0.3, -0.25) is 4.79 Å². The van der Waals surface area contributed by atoms with Crippen LogP contribution in [0.25, 0.3) is 0 Å². The molecule has 0 aliphatic carbocycles. The molecule has 5 nitrogen and oxygen atoms in total. The topological polar surface area (TPSA) is 70.2 Å². The van der Waals surface area contributed by atoms with Crippen molar-refractivity contribution in [3.05, 3.63) is 67.0 Å². The molecule has 0 aliphatic heterocycles. The zero-order valence-corrected chi connectivity index (χ0v) is 14.9. The normalized spacial score (nSPS) is 10.0. The molecule has 2 rings (SSSR count). The third kappa shape index (κ3) is 6.60. The average Bonchev–Trinajstić information content (AvgIpc) is 2.63. The molecule has 2 aromatic carbocycles. The van der Waals surface area contributed by atoms with Gasteiger partial charge in [0, 0.05) is 35.0 Å². The van der Waals surface area contributed by atoms with Crippen molar-refractivity contribution >= 4 is 35.1 Å². The molecule has 3 N–H and O–H groups in total. The predicted molar refractivity (Wildman–Crippen MR) is 104 cm³/mol. The molecule has 0 atom stereocenters. The Labute approximate surface area is 156 Å². The van der Waals surface area contributed by atoms with Gasteiger partial charge in [-0.2, -0.15) is 0 Å². The number of nitrogens with one attached hydrogen (secondary N) is 3. The van der Waals surface area contributed by atoms with E-state index in [-0.39, 0.29) is 24.2 Å². The molecule has 0 radical (unpaired) electrons. The Morgan fingerprint density at radius 2 is 1.69 bits per heavy atom. The first kappa shape index (κ1) is 19.5. The van der Waals surface area contributed by atoms with Gasteiger partial charge in [-0.15, -0.1) is 18.3 Å². The third-order valence-corrected chi connectivity index (χ3v) is 4.31. The van der Waals surface area contributed by atoms with E-state index in [9.17, 15) is 14.0 Å². The summed E-state index contributed by atoms with van der Waals surface area (Å²) in [6, 6.07) is 12.9. The van der Waals surface area contributed by atoms with Crippen LogP contribution in [0.4, 0.5) is 20.6 Å². The summed E-state index contributed by atoms with van der Waals surface area (Å²) in [6.07, 6.45) is 1.85. The number of rotatable bonds is 8. The Bertz CT molecular complexity index is 766. The van der Waals surface area contributed by atoms with Gasteiger partial charge in [0.15, 0.2) is 0 Å². The molecule has 3 amide bonds. The highest BCUT2D eigenvalue weighted by atomic mass is 32.2. The number of thioether (sulfide) groups is 1. The van der Waals surface area contributed by atoms with Gasteiger partial charge in [0.1, 0.15) is 5.82 Å². The smallest absolute Gasteiger partial charge is 0.319 e. The average molecular weight is 373 g/mol. The molecule has 2 aromatic rings. The minimum atomic E-state index is -0.327. The first-order chi connectivity index (χ1) is 12.6. The lowest BCUT2D eigenvalue weighted by Crippen LogP contribution is -2.28. The molecule has 0 unspecified atom stereocenters. The third-order valence-electron chi connectivity index (χ3n) is 3.26. The van der Waals surface area contributed by atoms with Crippen LogP contribution in [-0.4, -0.2) is 24.2 Å². The number of amides is 3. The minimum Gasteiger partial charge on any atom is -0.334 e. The number of benzene rings is 2. The van der Waals surface area contributed by atoms with Gasteiger partial charge in [0.2, 0.25) is 5.91 Å². The highest BCUT2D eigenvalue weighted by molar-refractivity contribution is 7.99. The number of carbonyl (C=O) groups is 2. The van der Waals surface area contributed by atoms with E-state index in [1.54, 1.807) is 48.5 Å². The van der Waals surface area contributed by atoms with E-state index in [1.165, 1.54) is 17.8 Å². The Balaban J connectivity index is 1.75. The van der Waals surface area contributed by atoms with Crippen LogP contribution in [0.3, 0.4) is 0 Å². The van der Waals surface area contributed by atoms with E-state index in [1.807, 2.05) is 0 Å². The molecule has 136 valence electrons. The van der Waals surface area contributed by atoms with Crippen molar-refractivity contribution in [3.8, 4) is 0 Å². The van der Waals surface area contributed by atoms with E-state index in [4.69, 9.17) is 0 Å². The van der Waals surface area contributed by atoms with Crippen molar-refractivity contribution in [1.29, 1.82) is 0 Å². The maximum Gasteiger partial charge on any atom is 0.319 e. The SMILES string of the molecule is C=CCNC(=O)Nc1ccc(NC(=O)CCSc2ccccc2F)cc1. The lowest BCUT2D eigenvalue weighted by atomic mass is 10.2. The lowest BCUT2D eigenvalue weighted by Gasteiger charge is -2.08. The summed E-state index contributed by atoms with van der Waals surface area (Å²) in [5.41, 5.74) is 1.24. The molecule has 0 bridgehead atoms. The number of urea groups is 1. The summed E-state index contributed by atoms with van der Waals surface area (Å²) < 4.78 is 13.5. The van der Waals surface area contributed by atoms with Crippen LogP contribution >= 0.6 is 11.8 Å². The van der Waals surface area contributed by atoms with Crippen LogP contribution in [0.1, 0.15) is 6.42 Å². The van der Waals surface area contributed by atoms with Crippen LogP contribution < -0.4 is 16.0 Å². The molecule has 26 heavy (non-hydrogen) atoms. The Kier molecular flexibility index (Phi) is 7.70. The fourth-order valence-corrected chi connectivity index (χ4v) is 2.90. The molecule has 0 fully saturated rings. The number of anilines is 2. The van der Waals surface area contributed by atoms with Gasteiger partial charge in [0.25, 0.3) is 0 Å². The van der Waals surface area contributed by atoms with E-state index in [2.05, 4.69) is 22.5 Å². The second-order valence-corrected chi connectivity index (χ2v) is 6.41. The maximum absolute atomic E-state index is 13.5. The first-order valence-corrected chi connectivity index (χ1v) is 9.00. The van der Waals surface area contributed by atoms with Gasteiger partial charge in [-0.05, 0) is 36.4 Å². The number of hydrogen-bond donors (Lipinski definition) is 3. The van der Waals surface area contributed by atoms with Crippen LogP contribution in [0, 0.1) is 5.82 Å². The number of carbonyl (C=O) groups excluding carboxylic acids is 2. The van der Waals surface area contributed by atoms with Crippen LogP contribution in [0.5, 0.6) is 0 Å². The van der Waals surface area contributed by atoms with E-state index in [0.717, 1.165) is 0 Å². The highest BCUT2D eigenvalue weighted by Crippen LogP contribution is 2.22. The monoisotopic (exact) mass is 373 g/mol. The van der Waals surface area contributed by atoms with Gasteiger partial charge in [-0.25, -0.2) is 9.18 Å². The van der Waals surface area contributed by atoms with Crippen LogP contribution in [-0.2, 0) is 4.79 Å². The largest absolute Gasteiger partial charge is 0.334 e. The summed E-state index contributed by atoms with van der Waals surface area (Å²) >= 11 is 1.30. The van der Waals surface area contributed by atoms with Crippen LogP contribution in [0.2, 0.25) is 0 Å².